The van der Waals surface area contributed by atoms with Crippen LogP contribution >= 0.6 is 0 Å². The lowest BCUT2D eigenvalue weighted by atomic mass is 9.97. The lowest BCUT2D eigenvalue weighted by molar-refractivity contribution is -0.120. The highest BCUT2D eigenvalue weighted by molar-refractivity contribution is 5.77. The van der Waals surface area contributed by atoms with E-state index in [-0.39, 0.29) is 12.5 Å². The molecule has 1 aliphatic rings. The third kappa shape index (κ3) is 4.33. The average molecular weight is 226 g/mol. The number of aliphatic hydroxyl groups is 1. The number of rotatable bonds is 7. The Hall–Kier alpha value is -0.870. The van der Waals surface area contributed by atoms with Crippen LogP contribution in [0.2, 0.25) is 0 Å². The summed E-state index contributed by atoms with van der Waals surface area (Å²) in [4.78, 5) is 11.4. The largest absolute Gasteiger partial charge is 0.396 e. The summed E-state index contributed by atoms with van der Waals surface area (Å²) in [6, 6.07) is 0. The van der Waals surface area contributed by atoms with Gasteiger partial charge in [0.1, 0.15) is 0 Å². The normalized spacial score (nSPS) is 24.3. The van der Waals surface area contributed by atoms with E-state index in [1.165, 1.54) is 6.42 Å². The van der Waals surface area contributed by atoms with Crippen molar-refractivity contribution in [2.75, 3.05) is 26.2 Å². The van der Waals surface area contributed by atoms with Crippen LogP contribution in [0, 0.1) is 11.8 Å². The average Bonchev–Trinajstić information content (AvgIpc) is 2.74. The molecule has 0 aromatic heterocycles. The van der Waals surface area contributed by atoms with Crippen molar-refractivity contribution in [2.45, 2.75) is 19.3 Å². The lowest BCUT2D eigenvalue weighted by Gasteiger charge is -2.17. The Morgan fingerprint density at radius 3 is 2.88 bits per heavy atom. The van der Waals surface area contributed by atoms with Crippen LogP contribution in [0.3, 0.4) is 0 Å². The fraction of sp³-hybridized carbons (Fsp3) is 0.750. The third-order valence-corrected chi connectivity index (χ3v) is 3.19. The molecule has 0 heterocycles. The van der Waals surface area contributed by atoms with Crippen molar-refractivity contribution in [1.29, 1.82) is 0 Å². The lowest BCUT2D eigenvalue weighted by Crippen LogP contribution is -2.37. The van der Waals surface area contributed by atoms with Crippen LogP contribution in [-0.2, 0) is 4.79 Å². The maximum Gasteiger partial charge on any atom is 0.233 e. The second kappa shape index (κ2) is 7.41. The SMILES string of the molecule is C=CCNCC(=O)NCC1CCCC1CO. The van der Waals surface area contributed by atoms with Gasteiger partial charge in [0.05, 0.1) is 6.54 Å². The molecule has 92 valence electrons. The van der Waals surface area contributed by atoms with Crippen LogP contribution in [0.5, 0.6) is 0 Å². The standard InChI is InChI=1S/C12H22N2O2/c1-2-6-13-8-12(16)14-7-10-4-3-5-11(10)9-15/h2,10-11,13,15H,1,3-9H2,(H,14,16). The van der Waals surface area contributed by atoms with Crippen LogP contribution in [0.1, 0.15) is 19.3 Å². The smallest absolute Gasteiger partial charge is 0.233 e. The summed E-state index contributed by atoms with van der Waals surface area (Å²) >= 11 is 0. The van der Waals surface area contributed by atoms with Gasteiger partial charge in [-0.25, -0.2) is 0 Å². The van der Waals surface area contributed by atoms with Crippen molar-refractivity contribution in [3.05, 3.63) is 12.7 Å². The zero-order valence-electron chi connectivity index (χ0n) is 9.74. The number of carbonyl (C=O) groups is 1. The van der Waals surface area contributed by atoms with Crippen molar-refractivity contribution in [1.82, 2.24) is 10.6 Å². The summed E-state index contributed by atoms with van der Waals surface area (Å²) in [6.07, 6.45) is 5.10. The maximum atomic E-state index is 11.4. The van der Waals surface area contributed by atoms with E-state index in [2.05, 4.69) is 17.2 Å². The van der Waals surface area contributed by atoms with Gasteiger partial charge in [-0.05, 0) is 24.7 Å². The Bertz CT molecular complexity index is 231. The van der Waals surface area contributed by atoms with Crippen molar-refractivity contribution >= 4 is 5.91 Å². The van der Waals surface area contributed by atoms with E-state index in [1.54, 1.807) is 6.08 Å². The van der Waals surface area contributed by atoms with E-state index in [9.17, 15) is 4.79 Å². The zero-order chi connectivity index (χ0) is 11.8. The highest BCUT2D eigenvalue weighted by Gasteiger charge is 2.26. The number of hydrogen-bond acceptors (Lipinski definition) is 3. The van der Waals surface area contributed by atoms with Gasteiger partial charge in [0.15, 0.2) is 0 Å². The molecule has 1 amide bonds. The fourth-order valence-electron chi connectivity index (χ4n) is 2.22. The van der Waals surface area contributed by atoms with Gasteiger partial charge in [-0.3, -0.25) is 4.79 Å². The second-order valence-electron chi connectivity index (χ2n) is 4.36. The van der Waals surface area contributed by atoms with Crippen molar-refractivity contribution < 1.29 is 9.90 Å². The molecule has 0 aromatic rings. The summed E-state index contributed by atoms with van der Waals surface area (Å²) in [7, 11) is 0. The molecule has 16 heavy (non-hydrogen) atoms. The first kappa shape index (κ1) is 13.2. The first-order valence-corrected chi connectivity index (χ1v) is 5.97. The highest BCUT2D eigenvalue weighted by Crippen LogP contribution is 2.30. The van der Waals surface area contributed by atoms with Gasteiger partial charge in [0.25, 0.3) is 0 Å². The maximum absolute atomic E-state index is 11.4. The predicted octanol–water partition coefficient (Wildman–Crippen LogP) is 0.287. The van der Waals surface area contributed by atoms with Gasteiger partial charge < -0.3 is 15.7 Å². The van der Waals surface area contributed by atoms with Crippen molar-refractivity contribution in [3.63, 3.8) is 0 Å². The molecule has 0 aliphatic heterocycles. The Morgan fingerprint density at radius 1 is 1.44 bits per heavy atom. The Balaban J connectivity index is 2.13. The monoisotopic (exact) mass is 226 g/mol. The van der Waals surface area contributed by atoms with Gasteiger partial charge in [0.2, 0.25) is 5.91 Å². The zero-order valence-corrected chi connectivity index (χ0v) is 9.74. The summed E-state index contributed by atoms with van der Waals surface area (Å²) in [5.41, 5.74) is 0. The number of nitrogens with one attached hydrogen (secondary N) is 2. The van der Waals surface area contributed by atoms with Gasteiger partial charge >= 0.3 is 0 Å². The summed E-state index contributed by atoms with van der Waals surface area (Å²) < 4.78 is 0. The van der Waals surface area contributed by atoms with Gasteiger partial charge in [-0.1, -0.05) is 12.5 Å². The molecular formula is C12H22N2O2. The molecule has 1 aliphatic carbocycles. The van der Waals surface area contributed by atoms with Crippen LogP contribution in [0.25, 0.3) is 0 Å². The molecule has 3 N–H and O–H groups in total. The molecule has 1 saturated carbocycles. The molecule has 1 rings (SSSR count). The summed E-state index contributed by atoms with van der Waals surface area (Å²) in [6.45, 7) is 5.49. The minimum atomic E-state index is 0.0189. The number of aliphatic hydroxyl groups excluding tert-OH is 1. The first-order valence-electron chi connectivity index (χ1n) is 5.97. The van der Waals surface area contributed by atoms with Crippen LogP contribution in [0.15, 0.2) is 12.7 Å². The van der Waals surface area contributed by atoms with Crippen LogP contribution in [-0.4, -0.2) is 37.3 Å². The molecule has 1 fully saturated rings. The molecule has 0 aromatic carbocycles. The molecule has 0 radical (unpaired) electrons. The molecule has 2 unspecified atom stereocenters. The molecule has 0 saturated heterocycles. The molecule has 2 atom stereocenters. The molecule has 4 heteroatoms. The van der Waals surface area contributed by atoms with E-state index >= 15 is 0 Å². The second-order valence-corrected chi connectivity index (χ2v) is 4.36. The molecule has 0 spiro atoms. The molecule has 4 nitrogen and oxygen atoms in total. The van der Waals surface area contributed by atoms with Crippen molar-refractivity contribution in [2.24, 2.45) is 11.8 Å². The Kier molecular flexibility index (Phi) is 6.11. The highest BCUT2D eigenvalue weighted by atomic mass is 16.3. The molecule has 0 bridgehead atoms. The van der Waals surface area contributed by atoms with E-state index in [1.807, 2.05) is 0 Å². The van der Waals surface area contributed by atoms with E-state index < -0.39 is 0 Å². The topological polar surface area (TPSA) is 61.4 Å². The van der Waals surface area contributed by atoms with Gasteiger partial charge in [0, 0.05) is 19.7 Å². The molecular weight excluding hydrogens is 204 g/mol. The Labute approximate surface area is 97.1 Å². The Morgan fingerprint density at radius 2 is 2.19 bits per heavy atom. The van der Waals surface area contributed by atoms with E-state index in [0.29, 0.717) is 31.5 Å². The fourth-order valence-corrected chi connectivity index (χ4v) is 2.22. The summed E-state index contributed by atoms with van der Waals surface area (Å²) in [5.74, 6) is 0.847. The third-order valence-electron chi connectivity index (χ3n) is 3.19. The van der Waals surface area contributed by atoms with Gasteiger partial charge in [-0.2, -0.15) is 0 Å². The number of carbonyl (C=O) groups excluding carboxylic acids is 1. The predicted molar refractivity (Wildman–Crippen MR) is 64.0 cm³/mol. The van der Waals surface area contributed by atoms with E-state index in [0.717, 1.165) is 12.8 Å². The van der Waals surface area contributed by atoms with Crippen LogP contribution in [0.4, 0.5) is 0 Å². The van der Waals surface area contributed by atoms with Crippen molar-refractivity contribution in [3.8, 4) is 0 Å². The van der Waals surface area contributed by atoms with Crippen LogP contribution < -0.4 is 10.6 Å². The summed E-state index contributed by atoms with van der Waals surface area (Å²) in [5, 5.41) is 15.0. The van der Waals surface area contributed by atoms with E-state index in [4.69, 9.17) is 5.11 Å². The minimum absolute atomic E-state index is 0.0189. The first-order chi connectivity index (χ1) is 7.77. The number of amides is 1. The van der Waals surface area contributed by atoms with Gasteiger partial charge in [-0.15, -0.1) is 6.58 Å². The number of hydrogen-bond donors (Lipinski definition) is 3. The minimum Gasteiger partial charge on any atom is -0.396 e. The quantitative estimate of drug-likeness (QED) is 0.432.